The summed E-state index contributed by atoms with van der Waals surface area (Å²) in [4.78, 5) is 0. The van der Waals surface area contributed by atoms with Gasteiger partial charge in [0.25, 0.3) is 0 Å². The van der Waals surface area contributed by atoms with Crippen LogP contribution in [0, 0.1) is 5.92 Å². The molecule has 0 bridgehead atoms. The third-order valence-electron chi connectivity index (χ3n) is 4.09. The number of rotatable bonds is 6. The average Bonchev–Trinajstić information content (AvgIpc) is 2.92. The van der Waals surface area contributed by atoms with Crippen molar-refractivity contribution in [1.82, 2.24) is 0 Å². The van der Waals surface area contributed by atoms with E-state index in [1.807, 2.05) is 18.2 Å². The first-order valence-electron chi connectivity index (χ1n) is 7.19. The summed E-state index contributed by atoms with van der Waals surface area (Å²) in [6.07, 6.45) is 8.00. The molecule has 0 heterocycles. The van der Waals surface area contributed by atoms with E-state index in [9.17, 15) is 5.11 Å². The normalized spacial score (nSPS) is 17.6. The minimum absolute atomic E-state index is 0.246. The maximum atomic E-state index is 10.2. The number of hydrogen-bond donors (Lipinski definition) is 1. The lowest BCUT2D eigenvalue weighted by Crippen LogP contribution is -2.12. The van der Waals surface area contributed by atoms with Crippen LogP contribution in [0.3, 0.4) is 0 Å². The second-order valence-corrected chi connectivity index (χ2v) is 6.40. The molecule has 1 atom stereocenters. The molecule has 0 amide bonds. The van der Waals surface area contributed by atoms with Gasteiger partial charge in [-0.15, -0.1) is 0 Å². The van der Waals surface area contributed by atoms with Gasteiger partial charge in [0, 0.05) is 4.47 Å². The number of halogens is 1. The zero-order valence-electron chi connectivity index (χ0n) is 11.6. The van der Waals surface area contributed by atoms with Crippen LogP contribution < -0.4 is 4.74 Å². The Morgan fingerprint density at radius 1 is 1.37 bits per heavy atom. The third-order valence-corrected chi connectivity index (χ3v) is 4.86. The fourth-order valence-corrected chi connectivity index (χ4v) is 3.33. The lowest BCUT2D eigenvalue weighted by molar-refractivity contribution is 0.154. The van der Waals surface area contributed by atoms with Gasteiger partial charge in [-0.25, -0.2) is 0 Å². The van der Waals surface area contributed by atoms with E-state index in [0.29, 0.717) is 6.42 Å². The minimum Gasteiger partial charge on any atom is -0.497 e. The van der Waals surface area contributed by atoms with E-state index < -0.39 is 0 Å². The molecule has 19 heavy (non-hydrogen) atoms. The molecule has 1 aliphatic carbocycles. The van der Waals surface area contributed by atoms with E-state index in [-0.39, 0.29) is 6.10 Å². The molecular weight excluding hydrogens is 304 g/mol. The van der Waals surface area contributed by atoms with Crippen molar-refractivity contribution < 1.29 is 9.84 Å². The van der Waals surface area contributed by atoms with Gasteiger partial charge in [-0.05, 0) is 48.9 Å². The van der Waals surface area contributed by atoms with E-state index in [0.717, 1.165) is 28.1 Å². The summed E-state index contributed by atoms with van der Waals surface area (Å²) in [5.74, 6) is 1.70. The van der Waals surface area contributed by atoms with Gasteiger partial charge in [0.2, 0.25) is 0 Å². The van der Waals surface area contributed by atoms with Gasteiger partial charge in [-0.2, -0.15) is 0 Å². The molecule has 0 saturated heterocycles. The van der Waals surface area contributed by atoms with Gasteiger partial charge in [0.05, 0.1) is 13.2 Å². The highest BCUT2D eigenvalue weighted by Crippen LogP contribution is 2.30. The molecule has 1 aliphatic rings. The Kier molecular flexibility index (Phi) is 5.71. The molecule has 2 rings (SSSR count). The largest absolute Gasteiger partial charge is 0.497 e. The van der Waals surface area contributed by atoms with Crippen LogP contribution in [-0.4, -0.2) is 18.3 Å². The van der Waals surface area contributed by atoms with Crippen LogP contribution in [0.15, 0.2) is 22.7 Å². The van der Waals surface area contributed by atoms with Crippen molar-refractivity contribution in [1.29, 1.82) is 0 Å². The van der Waals surface area contributed by atoms with Gasteiger partial charge in [0.1, 0.15) is 5.75 Å². The van der Waals surface area contributed by atoms with Crippen LogP contribution in [0.25, 0.3) is 0 Å². The highest BCUT2D eigenvalue weighted by molar-refractivity contribution is 9.10. The number of aliphatic hydroxyl groups excluding tert-OH is 1. The summed E-state index contributed by atoms with van der Waals surface area (Å²) in [5.41, 5.74) is 1.12. The van der Waals surface area contributed by atoms with Crippen molar-refractivity contribution in [3.05, 3.63) is 28.2 Å². The maximum Gasteiger partial charge on any atom is 0.119 e. The molecule has 1 aromatic rings. The fourth-order valence-electron chi connectivity index (χ4n) is 2.92. The highest BCUT2D eigenvalue weighted by atomic mass is 79.9. The van der Waals surface area contributed by atoms with Crippen molar-refractivity contribution in [3.63, 3.8) is 0 Å². The summed E-state index contributed by atoms with van der Waals surface area (Å²) in [7, 11) is 1.67. The van der Waals surface area contributed by atoms with Crippen molar-refractivity contribution in [2.45, 2.75) is 51.0 Å². The van der Waals surface area contributed by atoms with Crippen LogP contribution in [-0.2, 0) is 6.42 Å². The summed E-state index contributed by atoms with van der Waals surface area (Å²) in [6, 6.07) is 5.92. The fraction of sp³-hybridized carbons (Fsp3) is 0.625. The van der Waals surface area contributed by atoms with Gasteiger partial charge in [-0.3, -0.25) is 0 Å². The average molecular weight is 327 g/mol. The standard InChI is InChI=1S/C16H23BrO2/c1-19-15-8-9-16(17)13(11-15)10-14(18)7-6-12-4-2-3-5-12/h8-9,11-12,14,18H,2-7,10H2,1H3. The van der Waals surface area contributed by atoms with Crippen LogP contribution in [0.2, 0.25) is 0 Å². The van der Waals surface area contributed by atoms with Crippen molar-refractivity contribution in [2.75, 3.05) is 7.11 Å². The zero-order valence-corrected chi connectivity index (χ0v) is 13.2. The van der Waals surface area contributed by atoms with Gasteiger partial charge < -0.3 is 9.84 Å². The van der Waals surface area contributed by atoms with Crippen LogP contribution in [0.5, 0.6) is 5.75 Å². The number of benzene rings is 1. The molecular formula is C16H23BrO2. The predicted octanol–water partition coefficient (Wildman–Crippen LogP) is 4.33. The van der Waals surface area contributed by atoms with Crippen molar-refractivity contribution >= 4 is 15.9 Å². The first-order valence-corrected chi connectivity index (χ1v) is 7.99. The Morgan fingerprint density at radius 2 is 2.11 bits per heavy atom. The van der Waals surface area contributed by atoms with Gasteiger partial charge in [0.15, 0.2) is 0 Å². The van der Waals surface area contributed by atoms with Crippen LogP contribution in [0.4, 0.5) is 0 Å². The Labute approximate surface area is 124 Å². The van der Waals surface area contributed by atoms with E-state index in [1.165, 1.54) is 32.1 Å². The molecule has 1 fully saturated rings. The Hall–Kier alpha value is -0.540. The van der Waals surface area contributed by atoms with Crippen LogP contribution in [0.1, 0.15) is 44.1 Å². The second kappa shape index (κ2) is 7.30. The number of aliphatic hydroxyl groups is 1. The second-order valence-electron chi connectivity index (χ2n) is 5.54. The molecule has 0 radical (unpaired) electrons. The monoisotopic (exact) mass is 326 g/mol. The van der Waals surface area contributed by atoms with E-state index >= 15 is 0 Å². The van der Waals surface area contributed by atoms with Gasteiger partial charge >= 0.3 is 0 Å². The summed E-state index contributed by atoms with van der Waals surface area (Å²) in [6.45, 7) is 0. The highest BCUT2D eigenvalue weighted by Gasteiger charge is 2.17. The number of ether oxygens (including phenoxy) is 1. The molecule has 1 N–H and O–H groups in total. The minimum atomic E-state index is -0.246. The molecule has 2 nitrogen and oxygen atoms in total. The first-order chi connectivity index (χ1) is 9.19. The quantitative estimate of drug-likeness (QED) is 0.843. The molecule has 0 aliphatic heterocycles. The third kappa shape index (κ3) is 4.50. The number of hydrogen-bond acceptors (Lipinski definition) is 2. The Morgan fingerprint density at radius 3 is 2.79 bits per heavy atom. The summed E-state index contributed by atoms with van der Waals surface area (Å²) >= 11 is 3.54. The van der Waals surface area contributed by atoms with Crippen molar-refractivity contribution in [2.24, 2.45) is 5.92 Å². The first kappa shape index (κ1) is 14.9. The van der Waals surface area contributed by atoms with E-state index in [1.54, 1.807) is 7.11 Å². The molecule has 3 heteroatoms. The molecule has 1 unspecified atom stereocenters. The molecule has 0 spiro atoms. The van der Waals surface area contributed by atoms with Crippen LogP contribution >= 0.6 is 15.9 Å². The van der Waals surface area contributed by atoms with Crippen molar-refractivity contribution in [3.8, 4) is 5.75 Å². The Bertz CT molecular complexity index is 400. The maximum absolute atomic E-state index is 10.2. The molecule has 1 saturated carbocycles. The SMILES string of the molecule is COc1ccc(Br)c(CC(O)CCC2CCCC2)c1. The number of methoxy groups -OCH3 is 1. The Balaban J connectivity index is 1.85. The van der Waals surface area contributed by atoms with Gasteiger partial charge in [-0.1, -0.05) is 41.6 Å². The topological polar surface area (TPSA) is 29.5 Å². The van der Waals surface area contributed by atoms with E-state index in [2.05, 4.69) is 15.9 Å². The lowest BCUT2D eigenvalue weighted by Gasteiger charge is -2.15. The smallest absolute Gasteiger partial charge is 0.119 e. The predicted molar refractivity (Wildman–Crippen MR) is 81.6 cm³/mol. The molecule has 106 valence electrons. The lowest BCUT2D eigenvalue weighted by atomic mass is 9.96. The zero-order chi connectivity index (χ0) is 13.7. The summed E-state index contributed by atoms with van der Waals surface area (Å²) in [5, 5.41) is 10.2. The summed E-state index contributed by atoms with van der Waals surface area (Å²) < 4.78 is 6.28. The molecule has 0 aromatic heterocycles. The molecule has 1 aromatic carbocycles. The van der Waals surface area contributed by atoms with E-state index in [4.69, 9.17) is 4.74 Å².